The summed E-state index contributed by atoms with van der Waals surface area (Å²) in [5.74, 6) is 0. The fourth-order valence-electron chi connectivity index (χ4n) is 0.829. The van der Waals surface area contributed by atoms with Gasteiger partial charge in [0.1, 0.15) is 0 Å². The number of hydrogen-bond donors (Lipinski definition) is 1. The summed E-state index contributed by atoms with van der Waals surface area (Å²) in [5, 5.41) is 9.36. The molecule has 0 amide bonds. The highest BCUT2D eigenvalue weighted by Crippen LogP contribution is 2.04. The zero-order chi connectivity index (χ0) is 8.69. The number of methoxy groups -OCH3 is 2. The quantitative estimate of drug-likeness (QED) is 0.587. The Morgan fingerprint density at radius 2 is 2.00 bits per heavy atom. The number of rotatable bonds is 6. The van der Waals surface area contributed by atoms with E-state index in [1.54, 1.807) is 14.2 Å². The minimum atomic E-state index is -0.366. The van der Waals surface area contributed by atoms with Gasteiger partial charge in [-0.2, -0.15) is 0 Å². The van der Waals surface area contributed by atoms with E-state index in [0.29, 0.717) is 6.61 Å². The molecule has 3 heteroatoms. The van der Waals surface area contributed by atoms with Gasteiger partial charge in [0.15, 0.2) is 0 Å². The molecular weight excluding hydrogens is 144 g/mol. The molecule has 0 aliphatic rings. The van der Waals surface area contributed by atoms with E-state index < -0.39 is 0 Å². The van der Waals surface area contributed by atoms with Gasteiger partial charge in [-0.1, -0.05) is 0 Å². The smallest absolute Gasteiger partial charge is 0.0802 e. The van der Waals surface area contributed by atoms with Crippen LogP contribution in [0.15, 0.2) is 0 Å². The Kier molecular flexibility index (Phi) is 6.51. The normalized spacial score (nSPS) is 16.4. The maximum absolute atomic E-state index is 9.36. The lowest BCUT2D eigenvalue weighted by atomic mass is 10.1. The minimum Gasteiger partial charge on any atom is -0.390 e. The van der Waals surface area contributed by atoms with Crippen molar-refractivity contribution < 1.29 is 14.6 Å². The summed E-state index contributed by atoms with van der Waals surface area (Å²) in [6.45, 7) is 2.56. The Morgan fingerprint density at radius 1 is 1.36 bits per heavy atom. The predicted octanol–water partition coefficient (Wildman–Crippen LogP) is 0.809. The highest BCUT2D eigenvalue weighted by Gasteiger charge is 2.11. The third kappa shape index (κ3) is 5.18. The van der Waals surface area contributed by atoms with E-state index in [-0.39, 0.29) is 12.2 Å². The molecule has 0 aromatic rings. The number of aliphatic hydroxyl groups excluding tert-OH is 1. The lowest BCUT2D eigenvalue weighted by molar-refractivity contribution is -0.00779. The molecule has 0 aromatic heterocycles. The molecule has 2 unspecified atom stereocenters. The van der Waals surface area contributed by atoms with Gasteiger partial charge >= 0.3 is 0 Å². The van der Waals surface area contributed by atoms with Crippen LogP contribution in [0.1, 0.15) is 19.8 Å². The second-order valence-electron chi connectivity index (χ2n) is 2.64. The van der Waals surface area contributed by atoms with Crippen molar-refractivity contribution in [2.24, 2.45) is 0 Å². The topological polar surface area (TPSA) is 38.7 Å². The van der Waals surface area contributed by atoms with Gasteiger partial charge in [0.2, 0.25) is 0 Å². The van der Waals surface area contributed by atoms with E-state index in [2.05, 4.69) is 0 Å². The first-order valence-electron chi connectivity index (χ1n) is 3.92. The van der Waals surface area contributed by atoms with Crippen molar-refractivity contribution in [3.63, 3.8) is 0 Å². The van der Waals surface area contributed by atoms with Crippen molar-refractivity contribution in [2.75, 3.05) is 20.8 Å². The highest BCUT2D eigenvalue weighted by molar-refractivity contribution is 4.62. The summed E-state index contributed by atoms with van der Waals surface area (Å²) in [4.78, 5) is 0. The molecule has 0 aliphatic heterocycles. The molecule has 0 rings (SSSR count). The summed E-state index contributed by atoms with van der Waals surface area (Å²) in [7, 11) is 3.26. The molecule has 1 N–H and O–H groups in total. The van der Waals surface area contributed by atoms with E-state index >= 15 is 0 Å². The molecule has 0 saturated carbocycles. The molecule has 0 bridgehead atoms. The maximum Gasteiger partial charge on any atom is 0.0802 e. The summed E-state index contributed by atoms with van der Waals surface area (Å²) in [6.07, 6.45) is 1.18. The van der Waals surface area contributed by atoms with E-state index in [1.165, 1.54) is 0 Å². The van der Waals surface area contributed by atoms with Crippen molar-refractivity contribution in [1.29, 1.82) is 0 Å². The standard InChI is InChI=1S/C8H18O3/c1-7(11-3)8(9)5-4-6-10-2/h7-9H,4-6H2,1-3H3. The monoisotopic (exact) mass is 162 g/mol. The van der Waals surface area contributed by atoms with Crippen LogP contribution in [-0.2, 0) is 9.47 Å². The molecule has 2 atom stereocenters. The molecule has 0 aliphatic carbocycles. The zero-order valence-electron chi connectivity index (χ0n) is 7.54. The van der Waals surface area contributed by atoms with Crippen LogP contribution in [0, 0.1) is 0 Å². The first-order chi connectivity index (χ1) is 5.22. The highest BCUT2D eigenvalue weighted by atomic mass is 16.5. The van der Waals surface area contributed by atoms with Crippen LogP contribution < -0.4 is 0 Å². The van der Waals surface area contributed by atoms with Gasteiger partial charge in [-0.3, -0.25) is 0 Å². The van der Waals surface area contributed by atoms with Crippen molar-refractivity contribution in [3.8, 4) is 0 Å². The number of ether oxygens (including phenoxy) is 2. The van der Waals surface area contributed by atoms with Crippen LogP contribution in [-0.4, -0.2) is 38.1 Å². The van der Waals surface area contributed by atoms with Gasteiger partial charge in [0, 0.05) is 20.8 Å². The Labute approximate surface area is 68.3 Å². The molecular formula is C8H18O3. The van der Waals surface area contributed by atoms with Crippen LogP contribution in [0.25, 0.3) is 0 Å². The fourth-order valence-corrected chi connectivity index (χ4v) is 0.829. The van der Waals surface area contributed by atoms with E-state index in [9.17, 15) is 5.11 Å². The van der Waals surface area contributed by atoms with Crippen LogP contribution in [0.4, 0.5) is 0 Å². The third-order valence-corrected chi connectivity index (χ3v) is 1.76. The largest absolute Gasteiger partial charge is 0.390 e. The fraction of sp³-hybridized carbons (Fsp3) is 1.00. The van der Waals surface area contributed by atoms with Gasteiger partial charge < -0.3 is 14.6 Å². The molecule has 3 nitrogen and oxygen atoms in total. The molecule has 68 valence electrons. The SMILES string of the molecule is COCCCC(O)C(C)OC. The molecule has 0 spiro atoms. The number of hydrogen-bond acceptors (Lipinski definition) is 3. The van der Waals surface area contributed by atoms with Gasteiger partial charge in [-0.05, 0) is 19.8 Å². The summed E-state index contributed by atoms with van der Waals surface area (Å²) >= 11 is 0. The van der Waals surface area contributed by atoms with E-state index in [0.717, 1.165) is 12.8 Å². The van der Waals surface area contributed by atoms with E-state index in [4.69, 9.17) is 9.47 Å². The lowest BCUT2D eigenvalue weighted by Gasteiger charge is -2.16. The van der Waals surface area contributed by atoms with Gasteiger partial charge in [-0.25, -0.2) is 0 Å². The van der Waals surface area contributed by atoms with Crippen LogP contribution in [0.5, 0.6) is 0 Å². The maximum atomic E-state index is 9.36. The zero-order valence-corrected chi connectivity index (χ0v) is 7.54. The number of aliphatic hydroxyl groups is 1. The van der Waals surface area contributed by atoms with Gasteiger partial charge in [-0.15, -0.1) is 0 Å². The predicted molar refractivity (Wildman–Crippen MR) is 43.6 cm³/mol. The van der Waals surface area contributed by atoms with Gasteiger partial charge in [0.05, 0.1) is 12.2 Å². The molecule has 0 saturated heterocycles. The molecule has 0 radical (unpaired) electrons. The van der Waals surface area contributed by atoms with Crippen LogP contribution in [0.2, 0.25) is 0 Å². The third-order valence-electron chi connectivity index (χ3n) is 1.76. The van der Waals surface area contributed by atoms with Crippen molar-refractivity contribution in [2.45, 2.75) is 32.0 Å². The molecule has 0 fully saturated rings. The average Bonchev–Trinajstić information content (AvgIpc) is 2.03. The van der Waals surface area contributed by atoms with Crippen molar-refractivity contribution >= 4 is 0 Å². The van der Waals surface area contributed by atoms with Gasteiger partial charge in [0.25, 0.3) is 0 Å². The second kappa shape index (κ2) is 6.58. The summed E-state index contributed by atoms with van der Waals surface area (Å²) < 4.78 is 9.81. The van der Waals surface area contributed by atoms with Crippen LogP contribution >= 0.6 is 0 Å². The van der Waals surface area contributed by atoms with Crippen LogP contribution in [0.3, 0.4) is 0 Å². The molecule has 11 heavy (non-hydrogen) atoms. The Morgan fingerprint density at radius 3 is 2.45 bits per heavy atom. The average molecular weight is 162 g/mol. The first kappa shape index (κ1) is 10.9. The Balaban J connectivity index is 3.28. The summed E-state index contributed by atoms with van der Waals surface area (Å²) in [5.41, 5.74) is 0. The lowest BCUT2D eigenvalue weighted by Crippen LogP contribution is -2.24. The second-order valence-corrected chi connectivity index (χ2v) is 2.64. The minimum absolute atomic E-state index is 0.0770. The van der Waals surface area contributed by atoms with Crippen molar-refractivity contribution in [1.82, 2.24) is 0 Å². The molecule has 0 aromatic carbocycles. The first-order valence-corrected chi connectivity index (χ1v) is 3.92. The van der Waals surface area contributed by atoms with Crippen molar-refractivity contribution in [3.05, 3.63) is 0 Å². The Hall–Kier alpha value is -0.120. The summed E-state index contributed by atoms with van der Waals surface area (Å²) in [6, 6.07) is 0. The Bertz CT molecular complexity index is 85.4. The molecule has 0 heterocycles. The van der Waals surface area contributed by atoms with E-state index in [1.807, 2.05) is 6.92 Å².